The van der Waals surface area contributed by atoms with Gasteiger partial charge in [-0.05, 0) is 30.7 Å². The summed E-state index contributed by atoms with van der Waals surface area (Å²) in [5, 5.41) is 3.52. The predicted molar refractivity (Wildman–Crippen MR) is 97.5 cm³/mol. The molecule has 0 saturated carbocycles. The monoisotopic (exact) mass is 320 g/mol. The van der Waals surface area contributed by atoms with Gasteiger partial charge in [-0.1, -0.05) is 30.3 Å². The van der Waals surface area contributed by atoms with Gasteiger partial charge < -0.3 is 14.5 Å². The number of aromatic nitrogens is 1. The van der Waals surface area contributed by atoms with Gasteiger partial charge in [-0.15, -0.1) is 0 Å². The van der Waals surface area contributed by atoms with Crippen LogP contribution in [0, 0.1) is 6.92 Å². The fourth-order valence-electron chi connectivity index (χ4n) is 2.85. The number of benzene rings is 2. The highest BCUT2D eigenvalue weighted by molar-refractivity contribution is 6.12. The van der Waals surface area contributed by atoms with Gasteiger partial charge in [0.1, 0.15) is 11.3 Å². The fraction of sp³-hybridized carbons (Fsp3) is 0.111. The van der Waals surface area contributed by atoms with Crippen LogP contribution in [0.15, 0.2) is 53.3 Å². The number of amides is 1. The second kappa shape index (κ2) is 6.24. The van der Waals surface area contributed by atoms with E-state index in [1.165, 1.54) is 12.6 Å². The van der Waals surface area contributed by atoms with Gasteiger partial charge in [0.15, 0.2) is 0 Å². The minimum atomic E-state index is -0.483. The number of aryl methyl sites for hydroxylation is 2. The lowest BCUT2D eigenvalue weighted by atomic mass is 10.0. The molecule has 1 heterocycles. The second-order valence-electron chi connectivity index (χ2n) is 5.56. The zero-order valence-corrected chi connectivity index (χ0v) is 13.8. The van der Waals surface area contributed by atoms with E-state index in [1.807, 2.05) is 43.3 Å². The van der Waals surface area contributed by atoms with E-state index in [0.717, 1.165) is 16.5 Å². The van der Waals surface area contributed by atoms with E-state index in [-0.39, 0.29) is 5.56 Å². The lowest BCUT2D eigenvalue weighted by Gasteiger charge is -2.16. The van der Waals surface area contributed by atoms with Crippen molar-refractivity contribution in [3.8, 4) is 5.75 Å². The van der Waals surface area contributed by atoms with Crippen LogP contribution in [0.4, 0.5) is 5.69 Å². The highest BCUT2D eigenvalue weighted by Crippen LogP contribution is 2.30. The standard InChI is InChI=1S/C18H17BN2O3/c1-11-7-6-10-13-14(11)16(24-19)15(18(23)21(13)2)17(22)20-12-8-4-3-5-9-12/h3-10H,19H2,1-2H3,(H,20,22). The van der Waals surface area contributed by atoms with Gasteiger partial charge in [-0.3, -0.25) is 9.59 Å². The Hall–Kier alpha value is -3.02. The van der Waals surface area contributed by atoms with E-state index in [0.29, 0.717) is 11.4 Å². The molecule has 0 atom stereocenters. The van der Waals surface area contributed by atoms with Crippen LogP contribution in [-0.2, 0) is 7.05 Å². The SMILES string of the molecule is BOc1c(C(=O)Nc2ccccc2)c(=O)n(C)c2cccc(C)c12. The molecule has 0 radical (unpaired) electrons. The Morgan fingerprint density at radius 2 is 1.83 bits per heavy atom. The van der Waals surface area contributed by atoms with Gasteiger partial charge in [0.05, 0.1) is 5.52 Å². The minimum absolute atomic E-state index is 0.00523. The van der Waals surface area contributed by atoms with E-state index in [4.69, 9.17) is 4.65 Å². The van der Waals surface area contributed by atoms with Crippen molar-refractivity contribution in [3.63, 3.8) is 0 Å². The molecule has 3 rings (SSSR count). The summed E-state index contributed by atoms with van der Waals surface area (Å²) in [5.41, 5.74) is 1.90. The maximum absolute atomic E-state index is 12.7. The number of hydrogen-bond acceptors (Lipinski definition) is 3. The Bertz CT molecular complexity index is 981. The number of carbonyl (C=O) groups is 1. The van der Waals surface area contributed by atoms with Crippen LogP contribution in [0.1, 0.15) is 15.9 Å². The number of pyridine rings is 1. The van der Waals surface area contributed by atoms with Crippen LogP contribution in [0.2, 0.25) is 0 Å². The summed E-state index contributed by atoms with van der Waals surface area (Å²) < 4.78 is 6.94. The fourth-order valence-corrected chi connectivity index (χ4v) is 2.85. The lowest BCUT2D eigenvalue weighted by Crippen LogP contribution is -2.29. The normalized spacial score (nSPS) is 10.6. The molecule has 0 aliphatic heterocycles. The maximum atomic E-state index is 12.7. The minimum Gasteiger partial charge on any atom is -0.567 e. The molecular weight excluding hydrogens is 303 g/mol. The summed E-state index contributed by atoms with van der Waals surface area (Å²) in [6.45, 7) is 1.92. The summed E-state index contributed by atoms with van der Waals surface area (Å²) in [7, 11) is 3.13. The largest absolute Gasteiger partial charge is 0.567 e. The van der Waals surface area contributed by atoms with Gasteiger partial charge in [0, 0.05) is 18.1 Å². The molecule has 3 aromatic rings. The Morgan fingerprint density at radius 1 is 1.12 bits per heavy atom. The third kappa shape index (κ3) is 2.56. The number of rotatable bonds is 3. The van der Waals surface area contributed by atoms with Crippen LogP contribution in [0.3, 0.4) is 0 Å². The average Bonchev–Trinajstić information content (AvgIpc) is 2.58. The van der Waals surface area contributed by atoms with Crippen LogP contribution >= 0.6 is 0 Å². The van der Waals surface area contributed by atoms with E-state index >= 15 is 0 Å². The van der Waals surface area contributed by atoms with Crippen molar-refractivity contribution >= 4 is 30.5 Å². The molecule has 24 heavy (non-hydrogen) atoms. The number of nitrogens with one attached hydrogen (secondary N) is 1. The number of para-hydroxylation sites is 1. The molecular formula is C18H17BN2O3. The van der Waals surface area contributed by atoms with Crippen molar-refractivity contribution in [1.29, 1.82) is 0 Å². The first-order valence-corrected chi connectivity index (χ1v) is 7.57. The molecule has 2 aromatic carbocycles. The van der Waals surface area contributed by atoms with Crippen LogP contribution in [0.25, 0.3) is 10.9 Å². The summed E-state index contributed by atoms with van der Waals surface area (Å²) >= 11 is 0. The third-order valence-corrected chi connectivity index (χ3v) is 4.05. The van der Waals surface area contributed by atoms with Gasteiger partial charge in [-0.25, -0.2) is 0 Å². The number of carbonyl (C=O) groups excluding carboxylic acids is 1. The van der Waals surface area contributed by atoms with E-state index < -0.39 is 11.5 Å². The van der Waals surface area contributed by atoms with E-state index in [2.05, 4.69) is 5.32 Å². The van der Waals surface area contributed by atoms with Crippen molar-refractivity contribution in [2.45, 2.75) is 6.92 Å². The molecule has 1 aromatic heterocycles. The number of nitrogens with zero attached hydrogens (tertiary/aromatic N) is 1. The van der Waals surface area contributed by atoms with Gasteiger partial charge in [0.2, 0.25) is 0 Å². The van der Waals surface area contributed by atoms with Crippen molar-refractivity contribution in [2.24, 2.45) is 7.05 Å². The Morgan fingerprint density at radius 3 is 2.50 bits per heavy atom. The number of anilines is 1. The van der Waals surface area contributed by atoms with E-state index in [9.17, 15) is 9.59 Å². The number of fused-ring (bicyclic) bond motifs is 1. The van der Waals surface area contributed by atoms with Crippen LogP contribution < -0.4 is 15.5 Å². The van der Waals surface area contributed by atoms with Crippen molar-refractivity contribution in [2.75, 3.05) is 5.32 Å². The van der Waals surface area contributed by atoms with Gasteiger partial charge in [0.25, 0.3) is 11.5 Å². The summed E-state index contributed by atoms with van der Waals surface area (Å²) in [6.07, 6.45) is 0. The third-order valence-electron chi connectivity index (χ3n) is 4.05. The molecule has 120 valence electrons. The summed E-state index contributed by atoms with van der Waals surface area (Å²) in [5.74, 6) is -0.177. The summed E-state index contributed by atoms with van der Waals surface area (Å²) in [6, 6.07) is 14.7. The summed E-state index contributed by atoms with van der Waals surface area (Å²) in [4.78, 5) is 25.4. The molecule has 1 N–H and O–H groups in total. The van der Waals surface area contributed by atoms with Gasteiger partial charge in [-0.2, -0.15) is 0 Å². The van der Waals surface area contributed by atoms with Crippen molar-refractivity contribution in [1.82, 2.24) is 4.57 Å². The highest BCUT2D eigenvalue weighted by Gasteiger charge is 2.22. The smallest absolute Gasteiger partial charge is 0.322 e. The van der Waals surface area contributed by atoms with Crippen molar-refractivity contribution in [3.05, 3.63) is 70.0 Å². The lowest BCUT2D eigenvalue weighted by molar-refractivity contribution is 0.102. The highest BCUT2D eigenvalue weighted by atomic mass is 16.4. The predicted octanol–water partition coefficient (Wildman–Crippen LogP) is 2.03. The first-order valence-electron chi connectivity index (χ1n) is 7.57. The number of hydrogen-bond donors (Lipinski definition) is 1. The second-order valence-corrected chi connectivity index (χ2v) is 5.56. The molecule has 6 heteroatoms. The molecule has 0 fully saturated rings. The molecule has 0 bridgehead atoms. The van der Waals surface area contributed by atoms with Crippen molar-refractivity contribution < 1.29 is 9.45 Å². The molecule has 0 aliphatic rings. The Kier molecular flexibility index (Phi) is 4.12. The topological polar surface area (TPSA) is 60.3 Å². The first kappa shape index (κ1) is 15.9. The molecule has 0 saturated heterocycles. The maximum Gasteiger partial charge on any atom is 0.322 e. The Balaban J connectivity index is 2.24. The zero-order chi connectivity index (χ0) is 17.3. The zero-order valence-electron chi connectivity index (χ0n) is 13.8. The molecule has 0 unspecified atom stereocenters. The van der Waals surface area contributed by atoms with Crippen LogP contribution in [0.5, 0.6) is 5.75 Å². The molecule has 5 nitrogen and oxygen atoms in total. The molecule has 1 amide bonds. The quantitative estimate of drug-likeness (QED) is 0.751. The van der Waals surface area contributed by atoms with E-state index in [1.54, 1.807) is 19.2 Å². The first-order chi connectivity index (χ1) is 11.5. The molecule has 0 aliphatic carbocycles. The van der Waals surface area contributed by atoms with Crippen LogP contribution in [-0.4, -0.2) is 18.5 Å². The average molecular weight is 320 g/mol. The van der Waals surface area contributed by atoms with Gasteiger partial charge >= 0.3 is 8.05 Å². The molecule has 0 spiro atoms. The Labute approximate surface area is 140 Å².